The van der Waals surface area contributed by atoms with Gasteiger partial charge in [-0.25, -0.2) is 0 Å². The highest BCUT2D eigenvalue weighted by Crippen LogP contribution is 2.24. The van der Waals surface area contributed by atoms with Crippen LogP contribution < -0.4 is 4.74 Å². The number of rotatable bonds is 5. The summed E-state index contributed by atoms with van der Waals surface area (Å²) in [5.41, 5.74) is 1.27. The summed E-state index contributed by atoms with van der Waals surface area (Å²) in [6.07, 6.45) is 3.21. The van der Waals surface area contributed by atoms with Crippen molar-refractivity contribution in [2.24, 2.45) is 0 Å². The molecule has 0 N–H and O–H groups in total. The van der Waals surface area contributed by atoms with Crippen LogP contribution in [0.4, 0.5) is 0 Å². The Hall–Kier alpha value is -2.55. The Labute approximate surface area is 156 Å². The summed E-state index contributed by atoms with van der Waals surface area (Å²) in [5, 5.41) is 0.833. The molecule has 124 valence electrons. The Kier molecular flexibility index (Phi) is 5.54. The van der Waals surface area contributed by atoms with Gasteiger partial charge in [0, 0.05) is 10.6 Å². The Morgan fingerprint density at radius 1 is 0.840 bits per heavy atom. The minimum atomic E-state index is -0.184. The lowest BCUT2D eigenvalue weighted by molar-refractivity contribution is 0.104. The molecule has 0 aliphatic rings. The lowest BCUT2D eigenvalue weighted by Crippen LogP contribution is -1.95. The van der Waals surface area contributed by atoms with E-state index in [-0.39, 0.29) is 5.78 Å². The molecule has 0 aliphatic heterocycles. The van der Waals surface area contributed by atoms with Crippen LogP contribution in [0.25, 0.3) is 6.08 Å². The van der Waals surface area contributed by atoms with Gasteiger partial charge in [0.1, 0.15) is 11.5 Å². The summed E-state index contributed by atoms with van der Waals surface area (Å²) in [5.74, 6) is 1.27. The third-order valence-corrected chi connectivity index (χ3v) is 4.01. The first kappa shape index (κ1) is 17.3. The van der Waals surface area contributed by atoms with Crippen molar-refractivity contribution in [1.82, 2.24) is 0 Å². The molecule has 0 saturated carbocycles. The molecule has 0 radical (unpaired) electrons. The van der Waals surface area contributed by atoms with Crippen LogP contribution >= 0.6 is 23.2 Å². The zero-order chi connectivity index (χ0) is 17.6. The predicted molar refractivity (Wildman–Crippen MR) is 103 cm³/mol. The van der Waals surface area contributed by atoms with Gasteiger partial charge in [-0.2, -0.15) is 0 Å². The number of carbonyl (C=O) groups is 1. The highest BCUT2D eigenvalue weighted by atomic mass is 35.5. The van der Waals surface area contributed by atoms with Crippen LogP contribution in [0.5, 0.6) is 11.5 Å². The standard InChI is InChI=1S/C21H14Cl2O2/c22-16-10-11-19(20(23)14-16)21(24)12-9-15-5-4-8-18(13-15)25-17-6-2-1-3-7-17/h1-14H. The van der Waals surface area contributed by atoms with Gasteiger partial charge in [0.25, 0.3) is 0 Å². The molecule has 3 aromatic rings. The second kappa shape index (κ2) is 8.02. The summed E-state index contributed by atoms with van der Waals surface area (Å²) in [4.78, 5) is 12.3. The molecule has 0 aromatic heterocycles. The fourth-order valence-corrected chi connectivity index (χ4v) is 2.76. The van der Waals surface area contributed by atoms with Gasteiger partial charge in [-0.05, 0) is 54.1 Å². The van der Waals surface area contributed by atoms with Crippen LogP contribution in [0.1, 0.15) is 15.9 Å². The smallest absolute Gasteiger partial charge is 0.187 e. The average molecular weight is 369 g/mol. The largest absolute Gasteiger partial charge is 0.457 e. The number of hydrogen-bond acceptors (Lipinski definition) is 2. The van der Waals surface area contributed by atoms with Crippen molar-refractivity contribution in [2.45, 2.75) is 0 Å². The number of ketones is 1. The fraction of sp³-hybridized carbons (Fsp3) is 0. The summed E-state index contributed by atoms with van der Waals surface area (Å²) >= 11 is 11.9. The Bertz CT molecular complexity index is 918. The molecule has 0 spiro atoms. The first-order valence-corrected chi connectivity index (χ1v) is 8.38. The first-order valence-electron chi connectivity index (χ1n) is 7.62. The minimum absolute atomic E-state index is 0.184. The maximum Gasteiger partial charge on any atom is 0.187 e. The quantitative estimate of drug-likeness (QED) is 0.370. The number of benzene rings is 3. The second-order valence-electron chi connectivity index (χ2n) is 5.31. The number of halogens is 2. The highest BCUT2D eigenvalue weighted by molar-refractivity contribution is 6.37. The lowest BCUT2D eigenvalue weighted by atomic mass is 10.1. The number of allylic oxidation sites excluding steroid dienone is 1. The van der Waals surface area contributed by atoms with Crippen LogP contribution in [0.3, 0.4) is 0 Å². The number of ether oxygens (including phenoxy) is 1. The molecule has 4 heteroatoms. The van der Waals surface area contributed by atoms with E-state index < -0.39 is 0 Å². The van der Waals surface area contributed by atoms with Crippen LogP contribution in [-0.4, -0.2) is 5.78 Å². The molecule has 0 saturated heterocycles. The maximum absolute atomic E-state index is 12.3. The molecular weight excluding hydrogens is 355 g/mol. The second-order valence-corrected chi connectivity index (χ2v) is 6.15. The van der Waals surface area contributed by atoms with Crippen molar-refractivity contribution in [3.8, 4) is 11.5 Å². The number of carbonyl (C=O) groups excluding carboxylic acids is 1. The highest BCUT2D eigenvalue weighted by Gasteiger charge is 2.07. The molecule has 0 bridgehead atoms. The molecule has 0 aliphatic carbocycles. The van der Waals surface area contributed by atoms with Gasteiger partial charge in [0.2, 0.25) is 0 Å². The molecule has 3 rings (SSSR count). The topological polar surface area (TPSA) is 26.3 Å². The molecule has 0 atom stereocenters. The maximum atomic E-state index is 12.3. The Morgan fingerprint density at radius 3 is 2.36 bits per heavy atom. The van der Waals surface area contributed by atoms with E-state index in [9.17, 15) is 4.79 Å². The molecule has 0 unspecified atom stereocenters. The summed E-state index contributed by atoms with van der Waals surface area (Å²) < 4.78 is 5.79. The molecular formula is C21H14Cl2O2. The zero-order valence-electron chi connectivity index (χ0n) is 13.2. The van der Waals surface area contributed by atoms with E-state index in [1.807, 2.05) is 54.6 Å². The summed E-state index contributed by atoms with van der Waals surface area (Å²) in [6, 6.07) is 21.8. The molecule has 25 heavy (non-hydrogen) atoms. The van der Waals surface area contributed by atoms with Gasteiger partial charge in [-0.15, -0.1) is 0 Å². The lowest BCUT2D eigenvalue weighted by Gasteiger charge is -2.06. The SMILES string of the molecule is O=C(C=Cc1cccc(Oc2ccccc2)c1)c1ccc(Cl)cc1Cl. The third-order valence-electron chi connectivity index (χ3n) is 3.46. The Balaban J connectivity index is 1.75. The van der Waals surface area contributed by atoms with Gasteiger partial charge >= 0.3 is 0 Å². The van der Waals surface area contributed by atoms with E-state index in [0.717, 1.165) is 11.3 Å². The van der Waals surface area contributed by atoms with Gasteiger partial charge < -0.3 is 4.74 Å². The van der Waals surface area contributed by atoms with E-state index in [1.54, 1.807) is 24.3 Å². The molecule has 0 fully saturated rings. The normalized spacial score (nSPS) is 10.8. The van der Waals surface area contributed by atoms with E-state index >= 15 is 0 Å². The average Bonchev–Trinajstić information content (AvgIpc) is 2.61. The van der Waals surface area contributed by atoms with E-state index in [2.05, 4.69) is 0 Å². The molecule has 0 amide bonds. The third kappa shape index (κ3) is 4.72. The monoisotopic (exact) mass is 368 g/mol. The van der Waals surface area contributed by atoms with Crippen LogP contribution in [0.2, 0.25) is 10.0 Å². The van der Waals surface area contributed by atoms with Crippen LogP contribution in [-0.2, 0) is 0 Å². The summed E-state index contributed by atoms with van der Waals surface area (Å²) in [6.45, 7) is 0. The van der Waals surface area contributed by atoms with E-state index in [4.69, 9.17) is 27.9 Å². The van der Waals surface area contributed by atoms with E-state index in [0.29, 0.717) is 21.4 Å². The van der Waals surface area contributed by atoms with Gasteiger partial charge in [0.05, 0.1) is 5.02 Å². The van der Waals surface area contributed by atoms with Gasteiger partial charge in [0.15, 0.2) is 5.78 Å². The van der Waals surface area contributed by atoms with Crippen molar-refractivity contribution in [3.05, 3.63) is 100 Å². The van der Waals surface area contributed by atoms with Crippen molar-refractivity contribution in [1.29, 1.82) is 0 Å². The zero-order valence-corrected chi connectivity index (χ0v) is 14.7. The fourth-order valence-electron chi connectivity index (χ4n) is 2.26. The van der Waals surface area contributed by atoms with Crippen LogP contribution in [0.15, 0.2) is 78.9 Å². The number of para-hydroxylation sites is 1. The molecule has 0 heterocycles. The minimum Gasteiger partial charge on any atom is -0.457 e. The molecule has 3 aromatic carbocycles. The van der Waals surface area contributed by atoms with Crippen molar-refractivity contribution < 1.29 is 9.53 Å². The predicted octanol–water partition coefficient (Wildman–Crippen LogP) is 6.68. The molecule has 2 nitrogen and oxygen atoms in total. The summed E-state index contributed by atoms with van der Waals surface area (Å²) in [7, 11) is 0. The van der Waals surface area contributed by atoms with Gasteiger partial charge in [-0.1, -0.05) is 59.6 Å². The van der Waals surface area contributed by atoms with Crippen molar-refractivity contribution in [3.63, 3.8) is 0 Å². The van der Waals surface area contributed by atoms with Crippen molar-refractivity contribution >= 4 is 35.1 Å². The van der Waals surface area contributed by atoms with Crippen molar-refractivity contribution in [2.75, 3.05) is 0 Å². The van der Waals surface area contributed by atoms with Crippen LogP contribution in [0, 0.1) is 0 Å². The Morgan fingerprint density at radius 2 is 1.60 bits per heavy atom. The number of hydrogen-bond donors (Lipinski definition) is 0. The van der Waals surface area contributed by atoms with E-state index in [1.165, 1.54) is 6.08 Å². The first-order chi connectivity index (χ1) is 12.1. The van der Waals surface area contributed by atoms with Gasteiger partial charge in [-0.3, -0.25) is 4.79 Å².